The van der Waals surface area contributed by atoms with Crippen molar-refractivity contribution in [1.82, 2.24) is 5.32 Å². The Kier molecular flexibility index (Phi) is 3.12. The third-order valence-corrected chi connectivity index (χ3v) is 2.67. The maximum Gasteiger partial charge on any atom is 0.239 e. The first kappa shape index (κ1) is 11.6. The molecule has 1 aliphatic rings. The molecule has 0 aliphatic carbocycles. The summed E-state index contributed by atoms with van der Waals surface area (Å²) in [5.74, 6) is -2.09. The monoisotopic (exact) mass is 241 g/mol. The number of anilines is 2. The largest absolute Gasteiger partial charge is 0.397 e. The zero-order valence-corrected chi connectivity index (χ0v) is 9.17. The summed E-state index contributed by atoms with van der Waals surface area (Å²) in [6, 6.07) is 1.97. The van der Waals surface area contributed by atoms with E-state index in [-0.39, 0.29) is 18.1 Å². The normalized spacial score (nSPS) is 16.6. The summed E-state index contributed by atoms with van der Waals surface area (Å²) in [5, 5.41) is 2.70. The van der Waals surface area contributed by atoms with Crippen LogP contribution in [-0.2, 0) is 4.79 Å². The molecule has 0 saturated carbocycles. The van der Waals surface area contributed by atoms with Crippen molar-refractivity contribution in [1.29, 1.82) is 0 Å². The van der Waals surface area contributed by atoms with Crippen molar-refractivity contribution in [2.24, 2.45) is 0 Å². The maximum atomic E-state index is 13.2. The van der Waals surface area contributed by atoms with Gasteiger partial charge < -0.3 is 16.0 Å². The second-order valence-corrected chi connectivity index (χ2v) is 3.95. The molecule has 2 rings (SSSR count). The SMILES string of the molecule is Nc1cc(F)c(F)cc1N1CCCNC(=O)C1. The summed E-state index contributed by atoms with van der Waals surface area (Å²) in [6.07, 6.45) is 0.740. The van der Waals surface area contributed by atoms with Crippen LogP contribution in [0.5, 0.6) is 0 Å². The molecule has 17 heavy (non-hydrogen) atoms. The standard InChI is InChI=1S/C11H13F2N3O/c12-7-4-9(14)10(5-8(7)13)16-3-1-2-15-11(17)6-16/h4-5H,1-3,6,14H2,(H,15,17). The van der Waals surface area contributed by atoms with Gasteiger partial charge in [-0.25, -0.2) is 8.78 Å². The van der Waals surface area contributed by atoms with E-state index in [2.05, 4.69) is 5.32 Å². The summed E-state index contributed by atoms with van der Waals surface area (Å²) >= 11 is 0. The molecule has 0 unspecified atom stereocenters. The molecule has 1 aromatic carbocycles. The number of amides is 1. The van der Waals surface area contributed by atoms with Crippen molar-refractivity contribution in [2.45, 2.75) is 6.42 Å². The van der Waals surface area contributed by atoms with E-state index in [0.717, 1.165) is 18.6 Å². The van der Waals surface area contributed by atoms with Gasteiger partial charge in [0.25, 0.3) is 0 Å². The average Bonchev–Trinajstić information content (AvgIpc) is 2.48. The first-order valence-electron chi connectivity index (χ1n) is 5.34. The van der Waals surface area contributed by atoms with E-state index in [1.807, 2.05) is 0 Å². The van der Waals surface area contributed by atoms with Gasteiger partial charge in [-0.2, -0.15) is 0 Å². The average molecular weight is 241 g/mol. The number of nitrogens with two attached hydrogens (primary N) is 1. The van der Waals surface area contributed by atoms with Crippen LogP contribution in [0.25, 0.3) is 0 Å². The fraction of sp³-hybridized carbons (Fsp3) is 0.364. The Morgan fingerprint density at radius 1 is 1.29 bits per heavy atom. The first-order valence-corrected chi connectivity index (χ1v) is 5.34. The summed E-state index contributed by atoms with van der Waals surface area (Å²) in [5.41, 5.74) is 6.14. The Morgan fingerprint density at radius 2 is 2.00 bits per heavy atom. The zero-order valence-electron chi connectivity index (χ0n) is 9.17. The van der Waals surface area contributed by atoms with Gasteiger partial charge in [-0.1, -0.05) is 0 Å². The van der Waals surface area contributed by atoms with Crippen molar-refractivity contribution < 1.29 is 13.6 Å². The molecule has 1 saturated heterocycles. The molecular weight excluding hydrogens is 228 g/mol. The molecule has 0 bridgehead atoms. The number of carbonyl (C=O) groups excluding carboxylic acids is 1. The van der Waals surface area contributed by atoms with Crippen LogP contribution in [0.15, 0.2) is 12.1 Å². The Morgan fingerprint density at radius 3 is 2.76 bits per heavy atom. The molecule has 0 aromatic heterocycles. The van der Waals surface area contributed by atoms with Gasteiger partial charge in [0, 0.05) is 25.2 Å². The summed E-state index contributed by atoms with van der Waals surface area (Å²) < 4.78 is 26.1. The molecule has 0 atom stereocenters. The number of hydrogen-bond acceptors (Lipinski definition) is 3. The molecule has 0 spiro atoms. The molecule has 1 aromatic rings. The van der Waals surface area contributed by atoms with E-state index in [9.17, 15) is 13.6 Å². The molecule has 3 N–H and O–H groups in total. The summed E-state index contributed by atoms with van der Waals surface area (Å²) in [6.45, 7) is 1.27. The molecule has 92 valence electrons. The minimum Gasteiger partial charge on any atom is -0.397 e. The van der Waals surface area contributed by atoms with Gasteiger partial charge in [-0.15, -0.1) is 0 Å². The highest BCUT2D eigenvalue weighted by molar-refractivity contribution is 5.83. The number of rotatable bonds is 1. The Labute approximate surface area is 97.4 Å². The number of hydrogen-bond donors (Lipinski definition) is 2. The minimum absolute atomic E-state index is 0.106. The molecule has 1 aliphatic heterocycles. The van der Waals surface area contributed by atoms with Crippen molar-refractivity contribution >= 4 is 17.3 Å². The summed E-state index contributed by atoms with van der Waals surface area (Å²) in [4.78, 5) is 13.0. The maximum absolute atomic E-state index is 13.2. The van der Waals surface area contributed by atoms with Gasteiger partial charge in [0.1, 0.15) is 0 Å². The lowest BCUT2D eigenvalue weighted by Crippen LogP contribution is -2.33. The van der Waals surface area contributed by atoms with E-state index in [1.165, 1.54) is 0 Å². The number of halogens is 2. The summed E-state index contributed by atoms with van der Waals surface area (Å²) in [7, 11) is 0. The lowest BCUT2D eigenvalue weighted by atomic mass is 10.2. The topological polar surface area (TPSA) is 58.4 Å². The first-order chi connectivity index (χ1) is 8.08. The molecule has 6 heteroatoms. The number of nitrogens with zero attached hydrogens (tertiary/aromatic N) is 1. The highest BCUT2D eigenvalue weighted by atomic mass is 19.2. The Hall–Kier alpha value is -1.85. The lowest BCUT2D eigenvalue weighted by Gasteiger charge is -2.23. The lowest BCUT2D eigenvalue weighted by molar-refractivity contribution is -0.119. The third-order valence-electron chi connectivity index (χ3n) is 2.67. The van der Waals surface area contributed by atoms with Gasteiger partial charge >= 0.3 is 0 Å². The number of carbonyl (C=O) groups is 1. The number of nitrogens with one attached hydrogen (secondary N) is 1. The molecule has 1 fully saturated rings. The number of nitrogen functional groups attached to an aromatic ring is 1. The van der Waals surface area contributed by atoms with E-state index in [0.29, 0.717) is 18.8 Å². The van der Waals surface area contributed by atoms with Crippen LogP contribution in [0, 0.1) is 11.6 Å². The third kappa shape index (κ3) is 2.46. The van der Waals surface area contributed by atoms with Crippen LogP contribution < -0.4 is 16.0 Å². The Bertz CT molecular complexity index is 451. The van der Waals surface area contributed by atoms with E-state index < -0.39 is 11.6 Å². The Balaban J connectivity index is 2.32. The smallest absolute Gasteiger partial charge is 0.239 e. The molecule has 0 radical (unpaired) electrons. The quantitative estimate of drug-likeness (QED) is 0.717. The molecule has 4 nitrogen and oxygen atoms in total. The minimum atomic E-state index is -0.981. The second-order valence-electron chi connectivity index (χ2n) is 3.95. The van der Waals surface area contributed by atoms with Gasteiger partial charge in [0.15, 0.2) is 11.6 Å². The van der Waals surface area contributed by atoms with Crippen LogP contribution in [-0.4, -0.2) is 25.5 Å². The molecule has 1 heterocycles. The van der Waals surface area contributed by atoms with Gasteiger partial charge in [-0.05, 0) is 6.42 Å². The highest BCUT2D eigenvalue weighted by Crippen LogP contribution is 2.26. The fourth-order valence-corrected chi connectivity index (χ4v) is 1.84. The molecule has 1 amide bonds. The van der Waals surface area contributed by atoms with Crippen LogP contribution in [0.1, 0.15) is 6.42 Å². The van der Waals surface area contributed by atoms with Crippen molar-refractivity contribution in [3.8, 4) is 0 Å². The van der Waals surface area contributed by atoms with Crippen molar-refractivity contribution in [3.63, 3.8) is 0 Å². The second kappa shape index (κ2) is 4.57. The van der Waals surface area contributed by atoms with Gasteiger partial charge in [-0.3, -0.25) is 4.79 Å². The molecular formula is C11H13F2N3O. The fourth-order valence-electron chi connectivity index (χ4n) is 1.84. The van der Waals surface area contributed by atoms with E-state index in [4.69, 9.17) is 5.73 Å². The van der Waals surface area contributed by atoms with Crippen molar-refractivity contribution in [3.05, 3.63) is 23.8 Å². The van der Waals surface area contributed by atoms with Gasteiger partial charge in [0.05, 0.1) is 17.9 Å². The van der Waals surface area contributed by atoms with Crippen LogP contribution in [0.4, 0.5) is 20.2 Å². The predicted molar refractivity (Wildman–Crippen MR) is 60.6 cm³/mol. The number of benzene rings is 1. The van der Waals surface area contributed by atoms with Crippen LogP contribution >= 0.6 is 0 Å². The van der Waals surface area contributed by atoms with Crippen molar-refractivity contribution in [2.75, 3.05) is 30.3 Å². The highest BCUT2D eigenvalue weighted by Gasteiger charge is 2.18. The van der Waals surface area contributed by atoms with E-state index >= 15 is 0 Å². The van der Waals surface area contributed by atoms with E-state index in [1.54, 1.807) is 4.90 Å². The van der Waals surface area contributed by atoms with Crippen LogP contribution in [0.2, 0.25) is 0 Å². The van der Waals surface area contributed by atoms with Crippen LogP contribution in [0.3, 0.4) is 0 Å². The predicted octanol–water partition coefficient (Wildman–Crippen LogP) is 0.873. The van der Waals surface area contributed by atoms with Gasteiger partial charge in [0.2, 0.25) is 5.91 Å². The zero-order chi connectivity index (χ0) is 12.4.